The number of benzene rings is 2. The van der Waals surface area contributed by atoms with Crippen LogP contribution in [0.1, 0.15) is 6.42 Å². The number of nitrogens with zero attached hydrogens (tertiary/aromatic N) is 1. The number of hydrogen-bond donors (Lipinski definition) is 1. The number of hydrogen-bond acceptors (Lipinski definition) is 4. The first-order chi connectivity index (χ1) is 11.5. The molecule has 3 rings (SSSR count). The van der Waals surface area contributed by atoms with Gasteiger partial charge in [-0.2, -0.15) is 0 Å². The van der Waals surface area contributed by atoms with Crippen LogP contribution in [0.5, 0.6) is 0 Å². The van der Waals surface area contributed by atoms with E-state index >= 15 is 0 Å². The molecule has 1 N–H and O–H groups in total. The molecule has 0 bridgehead atoms. The number of sulfonamides is 1. The molecular formula is C17H19FN2O3S. The molecule has 7 heteroatoms. The van der Waals surface area contributed by atoms with E-state index in [4.69, 9.17) is 4.74 Å². The van der Waals surface area contributed by atoms with E-state index in [1.807, 2.05) is 12.1 Å². The van der Waals surface area contributed by atoms with E-state index in [1.165, 1.54) is 18.2 Å². The zero-order valence-electron chi connectivity index (χ0n) is 13.3. The molecule has 24 heavy (non-hydrogen) atoms. The predicted octanol–water partition coefficient (Wildman–Crippen LogP) is 2.85. The monoisotopic (exact) mass is 350 g/mol. The third-order valence-electron chi connectivity index (χ3n) is 4.07. The summed E-state index contributed by atoms with van der Waals surface area (Å²) in [5, 5.41) is 0. The van der Waals surface area contributed by atoms with Crippen molar-refractivity contribution in [3.05, 3.63) is 54.3 Å². The highest BCUT2D eigenvalue weighted by atomic mass is 32.2. The lowest BCUT2D eigenvalue weighted by molar-refractivity contribution is 0.121. The molecule has 1 aliphatic rings. The Balaban J connectivity index is 1.72. The average Bonchev–Trinajstić information content (AvgIpc) is 3.04. The van der Waals surface area contributed by atoms with Crippen LogP contribution in [-0.2, 0) is 14.8 Å². The Kier molecular flexibility index (Phi) is 4.73. The van der Waals surface area contributed by atoms with Crippen LogP contribution in [0.3, 0.4) is 0 Å². The average molecular weight is 350 g/mol. The minimum Gasteiger partial charge on any atom is -0.380 e. The van der Waals surface area contributed by atoms with Crippen LogP contribution in [0, 0.1) is 5.82 Å². The van der Waals surface area contributed by atoms with Crippen molar-refractivity contribution < 1.29 is 17.5 Å². The van der Waals surface area contributed by atoms with E-state index in [0.717, 1.165) is 31.3 Å². The minimum atomic E-state index is -3.80. The van der Waals surface area contributed by atoms with Crippen LogP contribution < -0.4 is 9.62 Å². The van der Waals surface area contributed by atoms with Crippen LogP contribution in [0.4, 0.5) is 15.8 Å². The zero-order valence-corrected chi connectivity index (χ0v) is 14.1. The lowest BCUT2D eigenvalue weighted by Gasteiger charge is -2.18. The molecule has 1 aliphatic heterocycles. The molecule has 2 aromatic rings. The summed E-state index contributed by atoms with van der Waals surface area (Å²) in [5.41, 5.74) is 1.45. The van der Waals surface area contributed by atoms with Crippen molar-refractivity contribution in [2.45, 2.75) is 17.4 Å². The Morgan fingerprint density at radius 3 is 2.58 bits per heavy atom. The van der Waals surface area contributed by atoms with Crippen molar-refractivity contribution in [3.8, 4) is 0 Å². The van der Waals surface area contributed by atoms with E-state index in [1.54, 1.807) is 19.2 Å². The largest absolute Gasteiger partial charge is 0.380 e. The maximum Gasteiger partial charge on any atom is 0.261 e. The molecular weight excluding hydrogens is 331 g/mol. The fraction of sp³-hybridized carbons (Fsp3) is 0.294. The van der Waals surface area contributed by atoms with E-state index in [0.29, 0.717) is 5.69 Å². The van der Waals surface area contributed by atoms with Gasteiger partial charge in [0.05, 0.1) is 11.0 Å². The van der Waals surface area contributed by atoms with Gasteiger partial charge in [-0.1, -0.05) is 6.07 Å². The molecule has 0 amide bonds. The summed E-state index contributed by atoms with van der Waals surface area (Å²) in [6.07, 6.45) is 1.21. The molecule has 1 atom stereocenters. The lowest BCUT2D eigenvalue weighted by Crippen LogP contribution is -2.22. The van der Waals surface area contributed by atoms with E-state index < -0.39 is 15.8 Å². The molecule has 0 spiro atoms. The van der Waals surface area contributed by atoms with Crippen LogP contribution in [0.25, 0.3) is 0 Å². The molecule has 1 fully saturated rings. The quantitative estimate of drug-likeness (QED) is 0.901. The van der Waals surface area contributed by atoms with Gasteiger partial charge in [-0.3, -0.25) is 4.72 Å². The smallest absolute Gasteiger partial charge is 0.261 e. The first kappa shape index (κ1) is 16.7. The van der Waals surface area contributed by atoms with Gasteiger partial charge in [-0.25, -0.2) is 12.8 Å². The van der Waals surface area contributed by atoms with Gasteiger partial charge in [-0.15, -0.1) is 0 Å². The van der Waals surface area contributed by atoms with E-state index in [9.17, 15) is 12.8 Å². The van der Waals surface area contributed by atoms with Crippen molar-refractivity contribution in [2.75, 3.05) is 29.8 Å². The van der Waals surface area contributed by atoms with Gasteiger partial charge in [0.15, 0.2) is 0 Å². The van der Waals surface area contributed by atoms with Crippen molar-refractivity contribution in [1.82, 2.24) is 0 Å². The fourth-order valence-corrected chi connectivity index (χ4v) is 3.83. The lowest BCUT2D eigenvalue weighted by atomic mass is 10.2. The second-order valence-electron chi connectivity index (χ2n) is 5.70. The van der Waals surface area contributed by atoms with Crippen LogP contribution in [-0.4, -0.2) is 34.7 Å². The van der Waals surface area contributed by atoms with Crippen molar-refractivity contribution in [1.29, 1.82) is 0 Å². The van der Waals surface area contributed by atoms with Gasteiger partial charge < -0.3 is 9.64 Å². The molecule has 0 saturated carbocycles. The highest BCUT2D eigenvalue weighted by Crippen LogP contribution is 2.24. The van der Waals surface area contributed by atoms with E-state index in [2.05, 4.69) is 9.62 Å². The molecule has 1 unspecified atom stereocenters. The summed E-state index contributed by atoms with van der Waals surface area (Å²) in [4.78, 5) is 2.09. The molecule has 0 radical (unpaired) electrons. The van der Waals surface area contributed by atoms with Gasteiger partial charge in [0.1, 0.15) is 5.82 Å². The summed E-state index contributed by atoms with van der Waals surface area (Å²) >= 11 is 0. The number of methoxy groups -OCH3 is 1. The predicted molar refractivity (Wildman–Crippen MR) is 91.3 cm³/mol. The van der Waals surface area contributed by atoms with Gasteiger partial charge in [0, 0.05) is 31.6 Å². The van der Waals surface area contributed by atoms with Crippen LogP contribution >= 0.6 is 0 Å². The third-order valence-corrected chi connectivity index (χ3v) is 5.45. The number of rotatable bonds is 5. The van der Waals surface area contributed by atoms with Gasteiger partial charge in [0.25, 0.3) is 10.0 Å². The molecule has 0 aliphatic carbocycles. The highest BCUT2D eigenvalue weighted by Gasteiger charge is 2.22. The van der Waals surface area contributed by atoms with Gasteiger partial charge >= 0.3 is 0 Å². The first-order valence-electron chi connectivity index (χ1n) is 7.64. The van der Waals surface area contributed by atoms with Gasteiger partial charge in [-0.05, 0) is 48.9 Å². The molecule has 2 aromatic carbocycles. The normalized spacial score (nSPS) is 17.9. The van der Waals surface area contributed by atoms with Crippen molar-refractivity contribution in [3.63, 3.8) is 0 Å². The number of halogens is 1. The Morgan fingerprint density at radius 1 is 1.21 bits per heavy atom. The summed E-state index contributed by atoms with van der Waals surface area (Å²) in [5.74, 6) is -0.588. The Bertz CT molecular complexity index is 809. The molecule has 1 heterocycles. The highest BCUT2D eigenvalue weighted by molar-refractivity contribution is 7.92. The first-order valence-corrected chi connectivity index (χ1v) is 9.12. The Hall–Kier alpha value is -2.12. The van der Waals surface area contributed by atoms with Crippen molar-refractivity contribution >= 4 is 21.4 Å². The molecule has 128 valence electrons. The summed E-state index contributed by atoms with van der Waals surface area (Å²) < 4.78 is 45.6. The number of anilines is 2. The molecule has 1 saturated heterocycles. The number of nitrogens with one attached hydrogen (secondary N) is 1. The Morgan fingerprint density at radius 2 is 1.96 bits per heavy atom. The standard InChI is InChI=1S/C17H19FN2O3S/c1-23-16-9-10-20(12-16)15-7-5-14(6-8-15)19-24(21,22)17-4-2-3-13(18)11-17/h2-8,11,16,19H,9-10,12H2,1H3. The van der Waals surface area contributed by atoms with Crippen molar-refractivity contribution in [2.24, 2.45) is 0 Å². The Labute approximate surface area is 141 Å². The SMILES string of the molecule is COC1CCN(c2ccc(NS(=O)(=O)c3cccc(F)c3)cc2)C1. The second-order valence-corrected chi connectivity index (χ2v) is 7.38. The fourth-order valence-electron chi connectivity index (χ4n) is 2.74. The third kappa shape index (κ3) is 3.68. The summed E-state index contributed by atoms with van der Waals surface area (Å²) in [6.45, 7) is 1.73. The zero-order chi connectivity index (χ0) is 17.2. The minimum absolute atomic E-state index is 0.103. The summed E-state index contributed by atoms with van der Waals surface area (Å²) in [6, 6.07) is 12.0. The molecule has 0 aromatic heterocycles. The maximum atomic E-state index is 13.2. The topological polar surface area (TPSA) is 58.6 Å². The van der Waals surface area contributed by atoms with Gasteiger partial charge in [0.2, 0.25) is 0 Å². The van der Waals surface area contributed by atoms with Crippen LogP contribution in [0.2, 0.25) is 0 Å². The molecule has 5 nitrogen and oxygen atoms in total. The van der Waals surface area contributed by atoms with E-state index in [-0.39, 0.29) is 11.0 Å². The maximum absolute atomic E-state index is 13.2. The second kappa shape index (κ2) is 6.78. The number of ether oxygens (including phenoxy) is 1. The van der Waals surface area contributed by atoms with Crippen LogP contribution in [0.15, 0.2) is 53.4 Å². The summed E-state index contributed by atoms with van der Waals surface area (Å²) in [7, 11) is -2.10.